The molecule has 2 aromatic carbocycles. The Morgan fingerprint density at radius 1 is 1.04 bits per heavy atom. The van der Waals surface area contributed by atoms with Crippen LogP contribution in [0.1, 0.15) is 35.1 Å². The van der Waals surface area contributed by atoms with Crippen LogP contribution in [0, 0.1) is 0 Å². The van der Waals surface area contributed by atoms with E-state index in [4.69, 9.17) is 0 Å². The minimum Gasteiger partial charge on any atom is -0.508 e. The Hall–Kier alpha value is -1.76. The maximum Gasteiger partial charge on any atom is 0.191 e. The van der Waals surface area contributed by atoms with Gasteiger partial charge in [0, 0.05) is 25.7 Å². The second-order valence-electron chi connectivity index (χ2n) is 6.50. The number of benzene rings is 2. The lowest BCUT2D eigenvalue weighted by molar-refractivity contribution is 0.464. The molecule has 4 nitrogen and oxygen atoms in total. The monoisotopic (exact) mass is 465 g/mol. The first-order chi connectivity index (χ1) is 12.3. The standard InChI is InChI=1S/C21H27N3O.HI/c1-22-21(23-14-13-16-7-3-2-4-8-16)24-15-19-18-10-6-5-9-17(18)11-12-20(19)25;/h2-4,7-8,11-12,25H,5-6,9-10,13-15H2,1H3,(H2,22,23,24);1H. The van der Waals surface area contributed by atoms with Crippen LogP contribution in [0.5, 0.6) is 5.75 Å². The minimum absolute atomic E-state index is 0. The van der Waals surface area contributed by atoms with Gasteiger partial charge >= 0.3 is 0 Å². The molecule has 0 heterocycles. The molecule has 0 fully saturated rings. The first-order valence-electron chi connectivity index (χ1n) is 9.09. The first kappa shape index (κ1) is 20.6. The van der Waals surface area contributed by atoms with Crippen molar-refractivity contribution in [3.8, 4) is 5.75 Å². The summed E-state index contributed by atoms with van der Waals surface area (Å²) in [6.07, 6.45) is 5.57. The molecule has 5 heteroatoms. The fourth-order valence-electron chi connectivity index (χ4n) is 3.45. The number of phenolic OH excluding ortho intramolecular Hbond substituents is 1. The summed E-state index contributed by atoms with van der Waals surface area (Å²) in [6.45, 7) is 1.42. The van der Waals surface area contributed by atoms with Crippen molar-refractivity contribution in [3.63, 3.8) is 0 Å². The summed E-state index contributed by atoms with van der Waals surface area (Å²) in [6, 6.07) is 14.3. The van der Waals surface area contributed by atoms with Crippen molar-refractivity contribution in [3.05, 3.63) is 64.7 Å². The lowest BCUT2D eigenvalue weighted by Crippen LogP contribution is -2.38. The van der Waals surface area contributed by atoms with Gasteiger partial charge in [-0.15, -0.1) is 24.0 Å². The summed E-state index contributed by atoms with van der Waals surface area (Å²) < 4.78 is 0. The van der Waals surface area contributed by atoms with Gasteiger partial charge in [-0.1, -0.05) is 36.4 Å². The van der Waals surface area contributed by atoms with Crippen LogP contribution in [0.25, 0.3) is 0 Å². The number of phenols is 1. The summed E-state index contributed by atoms with van der Waals surface area (Å²) in [5, 5.41) is 17.0. The smallest absolute Gasteiger partial charge is 0.191 e. The molecular formula is C21H28IN3O. The third-order valence-electron chi connectivity index (χ3n) is 4.83. The Morgan fingerprint density at radius 2 is 1.81 bits per heavy atom. The van der Waals surface area contributed by atoms with E-state index in [-0.39, 0.29) is 24.0 Å². The van der Waals surface area contributed by atoms with Gasteiger partial charge in [0.25, 0.3) is 0 Å². The highest BCUT2D eigenvalue weighted by atomic mass is 127. The number of halogens is 1. The van der Waals surface area contributed by atoms with E-state index < -0.39 is 0 Å². The molecule has 0 saturated carbocycles. The molecular weight excluding hydrogens is 437 g/mol. The van der Waals surface area contributed by atoms with Crippen LogP contribution >= 0.6 is 24.0 Å². The van der Waals surface area contributed by atoms with Gasteiger partial charge in [-0.3, -0.25) is 4.99 Å². The molecule has 0 unspecified atom stereocenters. The van der Waals surface area contributed by atoms with Crippen molar-refractivity contribution in [2.24, 2.45) is 4.99 Å². The molecule has 1 aliphatic rings. The molecule has 0 spiro atoms. The van der Waals surface area contributed by atoms with Gasteiger partial charge in [0.1, 0.15) is 5.75 Å². The molecule has 0 atom stereocenters. The lowest BCUT2D eigenvalue weighted by atomic mass is 9.88. The number of hydrogen-bond acceptors (Lipinski definition) is 2. The zero-order valence-corrected chi connectivity index (χ0v) is 17.6. The van der Waals surface area contributed by atoms with Gasteiger partial charge < -0.3 is 15.7 Å². The van der Waals surface area contributed by atoms with Gasteiger partial charge in [0.2, 0.25) is 0 Å². The summed E-state index contributed by atoms with van der Waals surface area (Å²) in [4.78, 5) is 4.29. The quantitative estimate of drug-likeness (QED) is 0.358. The fourth-order valence-corrected chi connectivity index (χ4v) is 3.45. The maximum atomic E-state index is 10.3. The predicted molar refractivity (Wildman–Crippen MR) is 119 cm³/mol. The molecule has 0 saturated heterocycles. The van der Waals surface area contributed by atoms with Crippen LogP contribution in [0.15, 0.2) is 47.5 Å². The summed E-state index contributed by atoms with van der Waals surface area (Å²) in [5.41, 5.74) is 5.02. The first-order valence-corrected chi connectivity index (χ1v) is 9.09. The second kappa shape index (κ2) is 10.4. The van der Waals surface area contributed by atoms with Gasteiger partial charge in [-0.25, -0.2) is 0 Å². The molecule has 2 aromatic rings. The van der Waals surface area contributed by atoms with Gasteiger partial charge in [-0.2, -0.15) is 0 Å². The molecule has 1 aliphatic carbocycles. The number of aryl methyl sites for hydroxylation is 1. The molecule has 3 N–H and O–H groups in total. The van der Waals surface area contributed by atoms with E-state index in [1.54, 1.807) is 7.05 Å². The van der Waals surface area contributed by atoms with E-state index in [0.29, 0.717) is 12.3 Å². The van der Waals surface area contributed by atoms with E-state index in [0.717, 1.165) is 37.3 Å². The Labute approximate surface area is 173 Å². The molecule has 0 bridgehead atoms. The predicted octanol–water partition coefficient (Wildman–Crippen LogP) is 3.80. The van der Waals surface area contributed by atoms with Crippen LogP contribution in [0.3, 0.4) is 0 Å². The van der Waals surface area contributed by atoms with Crippen molar-refractivity contribution >= 4 is 29.9 Å². The van der Waals surface area contributed by atoms with Crippen molar-refractivity contribution < 1.29 is 5.11 Å². The SMILES string of the molecule is CN=C(NCCc1ccccc1)NCc1c(O)ccc2c1CCCC2.I. The fraction of sp³-hybridized carbons (Fsp3) is 0.381. The molecule has 3 rings (SSSR count). The normalized spacial score (nSPS) is 13.5. The molecule has 140 valence electrons. The molecule has 0 radical (unpaired) electrons. The van der Waals surface area contributed by atoms with Crippen molar-refractivity contribution in [1.82, 2.24) is 10.6 Å². The van der Waals surface area contributed by atoms with E-state index >= 15 is 0 Å². The number of nitrogens with one attached hydrogen (secondary N) is 2. The topological polar surface area (TPSA) is 56.7 Å². The highest BCUT2D eigenvalue weighted by Gasteiger charge is 2.16. The molecule has 0 amide bonds. The summed E-state index contributed by atoms with van der Waals surface area (Å²) in [5.74, 6) is 1.15. The molecule has 0 aromatic heterocycles. The third-order valence-corrected chi connectivity index (χ3v) is 4.83. The van der Waals surface area contributed by atoms with Crippen LogP contribution in [-0.2, 0) is 25.8 Å². The maximum absolute atomic E-state index is 10.3. The largest absolute Gasteiger partial charge is 0.508 e. The number of aromatic hydroxyl groups is 1. The molecule has 0 aliphatic heterocycles. The summed E-state index contributed by atoms with van der Waals surface area (Å²) in [7, 11) is 1.78. The summed E-state index contributed by atoms with van der Waals surface area (Å²) >= 11 is 0. The van der Waals surface area contributed by atoms with E-state index in [1.165, 1.54) is 29.5 Å². The Kier molecular flexibility index (Phi) is 8.22. The molecule has 26 heavy (non-hydrogen) atoms. The van der Waals surface area contributed by atoms with Crippen LogP contribution in [0.2, 0.25) is 0 Å². The number of fused-ring (bicyclic) bond motifs is 1. The second-order valence-corrected chi connectivity index (χ2v) is 6.50. The zero-order valence-electron chi connectivity index (χ0n) is 15.3. The number of aliphatic imine (C=N–C) groups is 1. The van der Waals surface area contributed by atoms with E-state index in [9.17, 15) is 5.11 Å². The third kappa shape index (κ3) is 5.37. The highest BCUT2D eigenvalue weighted by molar-refractivity contribution is 14.0. The van der Waals surface area contributed by atoms with Crippen LogP contribution in [-0.4, -0.2) is 24.7 Å². The van der Waals surface area contributed by atoms with Crippen molar-refractivity contribution in [2.45, 2.75) is 38.6 Å². The van der Waals surface area contributed by atoms with Gasteiger partial charge in [0.05, 0.1) is 0 Å². The Morgan fingerprint density at radius 3 is 2.58 bits per heavy atom. The van der Waals surface area contributed by atoms with E-state index in [2.05, 4.69) is 46.0 Å². The number of hydrogen-bond donors (Lipinski definition) is 3. The van der Waals surface area contributed by atoms with Crippen LogP contribution < -0.4 is 10.6 Å². The average molecular weight is 465 g/mol. The van der Waals surface area contributed by atoms with Gasteiger partial charge in [-0.05, 0) is 54.9 Å². The minimum atomic E-state index is 0. The lowest BCUT2D eigenvalue weighted by Gasteiger charge is -2.21. The van der Waals surface area contributed by atoms with Crippen LogP contribution in [0.4, 0.5) is 0 Å². The zero-order chi connectivity index (χ0) is 17.5. The Balaban J connectivity index is 0.00000243. The van der Waals surface area contributed by atoms with Gasteiger partial charge in [0.15, 0.2) is 5.96 Å². The van der Waals surface area contributed by atoms with Crippen molar-refractivity contribution in [1.29, 1.82) is 0 Å². The number of guanidine groups is 1. The number of rotatable bonds is 5. The number of nitrogens with zero attached hydrogens (tertiary/aromatic N) is 1. The average Bonchev–Trinajstić information content (AvgIpc) is 2.66. The highest BCUT2D eigenvalue weighted by Crippen LogP contribution is 2.30. The van der Waals surface area contributed by atoms with E-state index in [1.807, 2.05) is 12.1 Å². The van der Waals surface area contributed by atoms with Crippen molar-refractivity contribution in [2.75, 3.05) is 13.6 Å². The Bertz CT molecular complexity index is 732.